The van der Waals surface area contributed by atoms with Gasteiger partial charge >= 0.3 is 0 Å². The molecule has 0 bridgehead atoms. The highest BCUT2D eigenvalue weighted by Gasteiger charge is 2.02. The maximum atomic E-state index is 4.27. The summed E-state index contributed by atoms with van der Waals surface area (Å²) in [7, 11) is 0. The van der Waals surface area contributed by atoms with Gasteiger partial charge in [-0.2, -0.15) is 10.2 Å². The van der Waals surface area contributed by atoms with E-state index in [1.54, 1.807) is 12.7 Å². The van der Waals surface area contributed by atoms with E-state index in [1.807, 2.05) is 27.7 Å². The third-order valence-corrected chi connectivity index (χ3v) is 3.32. The zero-order chi connectivity index (χ0) is 14.5. The van der Waals surface area contributed by atoms with Crippen molar-refractivity contribution in [2.24, 2.45) is 0 Å². The molecule has 2 aromatic heterocycles. The fraction of sp³-hybridized carbons (Fsp3) is 0.267. The molecule has 0 amide bonds. The first kappa shape index (κ1) is 13.4. The molecule has 108 valence electrons. The average molecular weight is 282 g/mol. The Morgan fingerprint density at radius 3 is 2.95 bits per heavy atom. The molecule has 0 spiro atoms. The van der Waals surface area contributed by atoms with Gasteiger partial charge in [-0.25, -0.2) is 9.67 Å². The highest BCUT2D eigenvalue weighted by atomic mass is 15.3. The minimum Gasteiger partial charge on any atom is -0.379 e. The van der Waals surface area contributed by atoms with E-state index >= 15 is 0 Å². The summed E-state index contributed by atoms with van der Waals surface area (Å²) in [6, 6.07) is 10.4. The minimum absolute atomic E-state index is 0.725. The maximum Gasteiger partial charge on any atom is 0.137 e. The van der Waals surface area contributed by atoms with Gasteiger partial charge in [0.25, 0.3) is 0 Å². The van der Waals surface area contributed by atoms with Crippen LogP contribution < -0.4 is 5.32 Å². The maximum absolute atomic E-state index is 4.27. The molecule has 0 fully saturated rings. The average Bonchev–Trinajstić information content (AvgIpc) is 3.16. The van der Waals surface area contributed by atoms with Crippen LogP contribution in [0.4, 0.5) is 5.69 Å². The van der Waals surface area contributed by atoms with Crippen LogP contribution in [0.25, 0.3) is 0 Å². The number of anilines is 1. The van der Waals surface area contributed by atoms with Gasteiger partial charge in [-0.05, 0) is 30.7 Å². The van der Waals surface area contributed by atoms with Crippen molar-refractivity contribution in [3.63, 3.8) is 0 Å². The highest BCUT2D eigenvalue weighted by molar-refractivity contribution is 5.46. The van der Waals surface area contributed by atoms with Gasteiger partial charge in [-0.15, -0.1) is 0 Å². The molecule has 21 heavy (non-hydrogen) atoms. The fourth-order valence-corrected chi connectivity index (χ4v) is 2.27. The summed E-state index contributed by atoms with van der Waals surface area (Å²) in [5.74, 6) is 0. The normalized spacial score (nSPS) is 10.7. The number of nitrogens with one attached hydrogen (secondary N) is 1. The molecule has 0 unspecified atom stereocenters. The van der Waals surface area contributed by atoms with Gasteiger partial charge in [0.1, 0.15) is 12.7 Å². The summed E-state index contributed by atoms with van der Waals surface area (Å²) in [6.07, 6.45) is 5.11. The first-order valence-corrected chi connectivity index (χ1v) is 7.01. The van der Waals surface area contributed by atoms with Gasteiger partial charge in [0.05, 0.1) is 18.8 Å². The largest absolute Gasteiger partial charge is 0.379 e. The molecule has 0 aliphatic heterocycles. The Hall–Kier alpha value is -2.63. The van der Waals surface area contributed by atoms with E-state index in [2.05, 4.69) is 45.6 Å². The Balaban J connectivity index is 1.66. The van der Waals surface area contributed by atoms with E-state index in [0.717, 1.165) is 25.3 Å². The van der Waals surface area contributed by atoms with Gasteiger partial charge in [0.15, 0.2) is 0 Å². The second-order valence-corrected chi connectivity index (χ2v) is 4.79. The Labute approximate surface area is 123 Å². The van der Waals surface area contributed by atoms with Gasteiger partial charge in [-0.3, -0.25) is 4.68 Å². The summed E-state index contributed by atoms with van der Waals surface area (Å²) in [5.41, 5.74) is 3.46. The summed E-state index contributed by atoms with van der Waals surface area (Å²) in [6.45, 7) is 4.47. The summed E-state index contributed by atoms with van der Waals surface area (Å²) >= 11 is 0. The SMILES string of the molecule is CCn1nccc1CNc1cccc(Cn2cncn2)c1. The zero-order valence-electron chi connectivity index (χ0n) is 12.0. The van der Waals surface area contributed by atoms with Crippen LogP contribution in [0, 0.1) is 0 Å². The van der Waals surface area contributed by atoms with E-state index in [0.29, 0.717) is 0 Å². The molecule has 0 aliphatic carbocycles. The first-order valence-electron chi connectivity index (χ1n) is 7.01. The zero-order valence-corrected chi connectivity index (χ0v) is 12.0. The number of hydrogen-bond acceptors (Lipinski definition) is 4. The third-order valence-electron chi connectivity index (χ3n) is 3.32. The number of rotatable bonds is 6. The molecule has 6 nitrogen and oxygen atoms in total. The second kappa shape index (κ2) is 6.21. The van der Waals surface area contributed by atoms with Crippen molar-refractivity contribution in [1.29, 1.82) is 0 Å². The third kappa shape index (κ3) is 3.28. The van der Waals surface area contributed by atoms with Gasteiger partial charge < -0.3 is 5.32 Å². The number of nitrogens with zero attached hydrogens (tertiary/aromatic N) is 5. The van der Waals surface area contributed by atoms with Crippen molar-refractivity contribution in [2.75, 3.05) is 5.32 Å². The lowest BCUT2D eigenvalue weighted by atomic mass is 10.2. The van der Waals surface area contributed by atoms with Crippen LogP contribution in [-0.2, 0) is 19.6 Å². The summed E-state index contributed by atoms with van der Waals surface area (Å²) < 4.78 is 3.80. The topological polar surface area (TPSA) is 60.6 Å². The Kier molecular flexibility index (Phi) is 3.95. The smallest absolute Gasteiger partial charge is 0.137 e. The molecule has 1 aromatic carbocycles. The van der Waals surface area contributed by atoms with Crippen molar-refractivity contribution in [1.82, 2.24) is 24.5 Å². The molecule has 0 radical (unpaired) electrons. The van der Waals surface area contributed by atoms with E-state index < -0.39 is 0 Å². The lowest BCUT2D eigenvalue weighted by Gasteiger charge is -2.09. The van der Waals surface area contributed by atoms with E-state index in [9.17, 15) is 0 Å². The van der Waals surface area contributed by atoms with Crippen molar-refractivity contribution >= 4 is 5.69 Å². The van der Waals surface area contributed by atoms with E-state index in [-0.39, 0.29) is 0 Å². The second-order valence-electron chi connectivity index (χ2n) is 4.79. The van der Waals surface area contributed by atoms with Crippen LogP contribution in [0.5, 0.6) is 0 Å². The molecule has 0 aliphatic rings. The minimum atomic E-state index is 0.725. The monoisotopic (exact) mass is 282 g/mol. The van der Waals surface area contributed by atoms with E-state index in [4.69, 9.17) is 0 Å². The Morgan fingerprint density at radius 2 is 2.14 bits per heavy atom. The Bertz CT molecular complexity index is 686. The molecule has 3 rings (SSSR count). The first-order chi connectivity index (χ1) is 10.3. The van der Waals surface area contributed by atoms with Crippen LogP contribution in [0.2, 0.25) is 0 Å². The Morgan fingerprint density at radius 1 is 1.19 bits per heavy atom. The van der Waals surface area contributed by atoms with Crippen molar-refractivity contribution in [2.45, 2.75) is 26.6 Å². The highest BCUT2D eigenvalue weighted by Crippen LogP contribution is 2.13. The fourth-order valence-electron chi connectivity index (χ4n) is 2.27. The lowest BCUT2D eigenvalue weighted by Crippen LogP contribution is -2.08. The quantitative estimate of drug-likeness (QED) is 0.752. The van der Waals surface area contributed by atoms with Crippen molar-refractivity contribution < 1.29 is 0 Å². The van der Waals surface area contributed by atoms with Gasteiger partial charge in [0, 0.05) is 18.4 Å². The molecule has 0 saturated heterocycles. The van der Waals surface area contributed by atoms with Gasteiger partial charge in [-0.1, -0.05) is 12.1 Å². The molecule has 0 atom stereocenters. The van der Waals surface area contributed by atoms with Crippen LogP contribution in [-0.4, -0.2) is 24.5 Å². The van der Waals surface area contributed by atoms with Crippen LogP contribution in [0.3, 0.4) is 0 Å². The summed E-state index contributed by atoms with van der Waals surface area (Å²) in [4.78, 5) is 3.96. The predicted octanol–water partition coefficient (Wildman–Crippen LogP) is 2.15. The molecule has 0 saturated carbocycles. The van der Waals surface area contributed by atoms with Crippen molar-refractivity contribution in [3.05, 3.63) is 60.4 Å². The van der Waals surface area contributed by atoms with Gasteiger partial charge in [0.2, 0.25) is 0 Å². The molecule has 1 N–H and O–H groups in total. The van der Waals surface area contributed by atoms with Crippen LogP contribution in [0.1, 0.15) is 18.2 Å². The van der Waals surface area contributed by atoms with E-state index in [1.165, 1.54) is 11.3 Å². The predicted molar refractivity (Wildman–Crippen MR) is 80.8 cm³/mol. The molecular weight excluding hydrogens is 264 g/mol. The number of aromatic nitrogens is 5. The number of benzene rings is 1. The molecular formula is C15H18N6. The summed E-state index contributed by atoms with van der Waals surface area (Å²) in [5, 5.41) is 11.8. The molecule has 6 heteroatoms. The molecule has 2 heterocycles. The van der Waals surface area contributed by atoms with Crippen LogP contribution >= 0.6 is 0 Å². The number of hydrogen-bond donors (Lipinski definition) is 1. The van der Waals surface area contributed by atoms with Crippen molar-refractivity contribution in [3.8, 4) is 0 Å². The molecule has 3 aromatic rings. The number of aryl methyl sites for hydroxylation is 1. The van der Waals surface area contributed by atoms with Crippen LogP contribution in [0.15, 0.2) is 49.2 Å². The standard InChI is InChI=1S/C15H18N6/c1-2-21-15(6-7-18-21)9-17-14-5-3-4-13(8-14)10-20-12-16-11-19-20/h3-8,11-12,17H,2,9-10H2,1H3. The lowest BCUT2D eigenvalue weighted by molar-refractivity contribution is 0.627.